The van der Waals surface area contributed by atoms with Gasteiger partial charge in [-0.25, -0.2) is 0 Å². The number of allylic oxidation sites excluding steroid dienone is 1. The summed E-state index contributed by atoms with van der Waals surface area (Å²) in [5.41, 5.74) is 3.68. The van der Waals surface area contributed by atoms with E-state index in [1.807, 2.05) is 47.4 Å². The lowest BCUT2D eigenvalue weighted by molar-refractivity contribution is -0.258. The fourth-order valence-corrected chi connectivity index (χ4v) is 11.3. The van der Waals surface area contributed by atoms with Crippen LogP contribution in [0.15, 0.2) is 95.0 Å². The van der Waals surface area contributed by atoms with Gasteiger partial charge in [-0.05, 0) is 116 Å². The van der Waals surface area contributed by atoms with Gasteiger partial charge in [-0.3, -0.25) is 4.79 Å². The minimum Gasteiger partial charge on any atom is -0.459 e. The third-order valence-electron chi connectivity index (χ3n) is 14.1. The largest absolute Gasteiger partial charge is 0.459 e. The number of nitrogens with zero attached hydrogens (tertiary/aromatic N) is 2. The van der Waals surface area contributed by atoms with Crippen molar-refractivity contribution >= 4 is 23.4 Å². The van der Waals surface area contributed by atoms with Crippen LogP contribution in [0.5, 0.6) is 28.7 Å². The Morgan fingerprint density at radius 2 is 1.57 bits per heavy atom. The molecule has 2 aliphatic carbocycles. The van der Waals surface area contributed by atoms with Crippen LogP contribution in [0.3, 0.4) is 0 Å². The molecular formula is C55H74N2O9S. The first kappa shape index (κ1) is 50.4. The second kappa shape index (κ2) is 25.2. The summed E-state index contributed by atoms with van der Waals surface area (Å²) >= 11 is 1.69. The highest BCUT2D eigenvalue weighted by Crippen LogP contribution is 2.62. The zero-order chi connectivity index (χ0) is 47.0. The van der Waals surface area contributed by atoms with Gasteiger partial charge in [-0.1, -0.05) is 94.5 Å². The molecule has 364 valence electrons. The van der Waals surface area contributed by atoms with Crippen LogP contribution in [-0.2, 0) is 20.9 Å². The molecule has 2 heterocycles. The Kier molecular flexibility index (Phi) is 19.0. The zero-order valence-corrected chi connectivity index (χ0v) is 40.9. The van der Waals surface area contributed by atoms with Crippen LogP contribution in [-0.4, -0.2) is 78.5 Å². The smallest absolute Gasteiger partial charge is 0.239 e. The first-order chi connectivity index (χ1) is 32.9. The maximum Gasteiger partial charge on any atom is 0.239 e. The Balaban J connectivity index is 1.34. The number of hydrogen-bond donors (Lipinski definition) is 2. The Hall–Kier alpha value is -4.49. The number of carbonyl (C=O) groups is 1. The van der Waals surface area contributed by atoms with Gasteiger partial charge in [0.2, 0.25) is 18.5 Å². The Morgan fingerprint density at radius 1 is 0.866 bits per heavy atom. The average molecular weight is 939 g/mol. The van der Waals surface area contributed by atoms with E-state index in [1.54, 1.807) is 24.9 Å². The maximum absolute atomic E-state index is 15.2. The third kappa shape index (κ3) is 12.2. The number of oxime groups is 1. The van der Waals surface area contributed by atoms with Crippen molar-refractivity contribution < 1.29 is 43.5 Å². The topological polar surface area (TPSA) is 129 Å². The molecule has 7 rings (SSSR count). The van der Waals surface area contributed by atoms with E-state index in [4.69, 9.17) is 33.7 Å². The van der Waals surface area contributed by atoms with Crippen molar-refractivity contribution in [2.24, 2.45) is 22.9 Å². The Labute approximate surface area is 403 Å². The van der Waals surface area contributed by atoms with Crippen LogP contribution in [0.25, 0.3) is 0 Å². The van der Waals surface area contributed by atoms with E-state index in [0.717, 1.165) is 78.0 Å². The molecule has 0 spiro atoms. The number of aliphatic hydroxyl groups excluding tert-OH is 2. The molecule has 0 aromatic heterocycles. The van der Waals surface area contributed by atoms with Gasteiger partial charge in [0, 0.05) is 49.0 Å². The Bertz CT molecular complexity index is 2130. The van der Waals surface area contributed by atoms with Gasteiger partial charge in [0.25, 0.3) is 0 Å². The van der Waals surface area contributed by atoms with Crippen molar-refractivity contribution in [1.29, 1.82) is 0 Å². The van der Waals surface area contributed by atoms with Crippen molar-refractivity contribution in [3.05, 3.63) is 96.1 Å². The van der Waals surface area contributed by atoms with Crippen molar-refractivity contribution in [2.75, 3.05) is 40.0 Å². The predicted octanol–water partition coefficient (Wildman–Crippen LogP) is 12.1. The van der Waals surface area contributed by atoms with Gasteiger partial charge in [-0.2, -0.15) is 0 Å². The summed E-state index contributed by atoms with van der Waals surface area (Å²) in [6, 6.07) is 19.5. The maximum atomic E-state index is 15.2. The van der Waals surface area contributed by atoms with E-state index < -0.39 is 17.7 Å². The number of unbranched alkanes of at least 4 members (excludes halogenated alkanes) is 10. The number of hydrogen-bond acceptors (Lipinski definition) is 11. The quantitative estimate of drug-likeness (QED) is 0.0314. The summed E-state index contributed by atoms with van der Waals surface area (Å²) in [5, 5.41) is 24.8. The molecule has 3 aromatic carbocycles. The van der Waals surface area contributed by atoms with Crippen LogP contribution in [0, 0.1) is 17.8 Å². The summed E-state index contributed by atoms with van der Waals surface area (Å²) in [6.45, 7) is 7.22. The average Bonchev–Trinajstić information content (AvgIpc) is 3.82. The number of ether oxygens (including phenoxy) is 5. The number of amides is 1. The van der Waals surface area contributed by atoms with Crippen LogP contribution < -0.4 is 18.9 Å². The third-order valence-corrected chi connectivity index (χ3v) is 14.9. The molecule has 0 bridgehead atoms. The summed E-state index contributed by atoms with van der Waals surface area (Å²) in [4.78, 5) is 24.1. The van der Waals surface area contributed by atoms with Gasteiger partial charge < -0.3 is 43.6 Å². The number of fused-ring (bicyclic) bond motifs is 3. The number of rotatable bonds is 28. The molecule has 6 atom stereocenters. The van der Waals surface area contributed by atoms with E-state index >= 15 is 4.79 Å². The highest BCUT2D eigenvalue weighted by Gasteiger charge is 2.65. The molecule has 12 heteroatoms. The first-order valence-corrected chi connectivity index (χ1v) is 26.2. The fourth-order valence-electron chi connectivity index (χ4n) is 10.9. The second-order valence-electron chi connectivity index (χ2n) is 18.5. The van der Waals surface area contributed by atoms with Crippen molar-refractivity contribution in [2.45, 2.75) is 145 Å². The van der Waals surface area contributed by atoms with Crippen molar-refractivity contribution in [3.8, 4) is 28.7 Å². The number of benzene rings is 3. The predicted molar refractivity (Wildman–Crippen MR) is 265 cm³/mol. The normalized spacial score (nSPS) is 22.9. The van der Waals surface area contributed by atoms with E-state index in [2.05, 4.69) is 44.0 Å². The summed E-state index contributed by atoms with van der Waals surface area (Å²) in [7, 11) is 1.58. The summed E-state index contributed by atoms with van der Waals surface area (Å²) < 4.78 is 32.9. The van der Waals surface area contributed by atoms with Crippen LogP contribution in [0.2, 0.25) is 0 Å². The van der Waals surface area contributed by atoms with Gasteiger partial charge in [-0.15, -0.1) is 18.3 Å². The van der Waals surface area contributed by atoms with Gasteiger partial charge >= 0.3 is 0 Å². The molecule has 2 N–H and O–H groups in total. The van der Waals surface area contributed by atoms with Crippen molar-refractivity contribution in [3.63, 3.8) is 0 Å². The summed E-state index contributed by atoms with van der Waals surface area (Å²) in [6.07, 6.45) is 22.0. The SMILES string of the molecule is C=CCO[C@@]12Oc3ccc(Oc4ccc(SC)cc4)cc3[C@H]3[C@H](CCCCO)[C@@H](CCCCO)C=C(C(=NOC)C[C@@H]1N(Cc1ccc4c(c1)OCO4)C(=O)CCCCCCCCCCC)[C@H]32. The Morgan fingerprint density at radius 3 is 2.28 bits per heavy atom. The van der Waals surface area contributed by atoms with Gasteiger partial charge in [0.05, 0.1) is 18.2 Å². The molecule has 4 aliphatic rings. The molecule has 0 saturated heterocycles. The highest BCUT2D eigenvalue weighted by atomic mass is 32.2. The number of thioether (sulfide) groups is 1. The minimum atomic E-state index is -1.36. The molecule has 0 unspecified atom stereocenters. The molecule has 0 radical (unpaired) electrons. The number of carbonyl (C=O) groups excluding carboxylic acids is 1. The minimum absolute atomic E-state index is 0.0239. The molecule has 1 saturated carbocycles. The lowest BCUT2D eigenvalue weighted by Gasteiger charge is -2.60. The van der Waals surface area contributed by atoms with Gasteiger partial charge in [0.15, 0.2) is 11.5 Å². The van der Waals surface area contributed by atoms with E-state index in [1.165, 1.54) is 38.5 Å². The molecule has 3 aromatic rings. The molecule has 2 aliphatic heterocycles. The van der Waals surface area contributed by atoms with Crippen LogP contribution in [0.4, 0.5) is 0 Å². The molecule has 11 nitrogen and oxygen atoms in total. The second-order valence-corrected chi connectivity index (χ2v) is 19.4. The fraction of sp³-hybridized carbons (Fsp3) is 0.564. The van der Waals surface area contributed by atoms with E-state index in [0.29, 0.717) is 48.7 Å². The van der Waals surface area contributed by atoms with Gasteiger partial charge in [0.1, 0.15) is 30.4 Å². The number of aliphatic hydroxyl groups is 2. The van der Waals surface area contributed by atoms with Crippen molar-refractivity contribution in [1.82, 2.24) is 4.90 Å². The molecule has 1 fully saturated rings. The zero-order valence-electron chi connectivity index (χ0n) is 40.1. The summed E-state index contributed by atoms with van der Waals surface area (Å²) in [5.74, 6) is 1.73. The molecule has 1 amide bonds. The highest BCUT2D eigenvalue weighted by molar-refractivity contribution is 7.98. The lowest BCUT2D eigenvalue weighted by atomic mass is 9.55. The molecule has 67 heavy (non-hydrogen) atoms. The van der Waals surface area contributed by atoms with Crippen LogP contribution in [0.1, 0.15) is 133 Å². The van der Waals surface area contributed by atoms with Crippen LogP contribution >= 0.6 is 11.8 Å². The lowest BCUT2D eigenvalue weighted by Crippen LogP contribution is -2.70. The first-order valence-electron chi connectivity index (χ1n) is 25.0. The van der Waals surface area contributed by atoms with E-state index in [9.17, 15) is 10.2 Å². The molecular weight excluding hydrogens is 865 g/mol. The monoisotopic (exact) mass is 939 g/mol. The standard InChI is InChI=1S/C55H74N2O9S/c1-5-7-8-9-10-11-12-13-14-21-52(60)57(37-39-22-28-49-50(33-39)63-38-62-49)51-36-47(56-61-3)45-34-40(19-15-17-30-58)44(20-16-18-31-59)53-46-35-42(65-41-23-26-43(67-4)27-24-41)25-29-48(46)66-55(51,54(45)53)64-32-6-2/h6,22-29,33-35,40,44,51,53-54,58-59H,2,5,7-21,30-32,36-38H2,1,3-4H3/t40-,44+,51-,53+,54+,55+/m0/s1. The van der Waals surface area contributed by atoms with E-state index in [-0.39, 0.29) is 56.8 Å².